The van der Waals surface area contributed by atoms with E-state index in [9.17, 15) is 4.79 Å². The number of hydrazone groups is 1. The van der Waals surface area contributed by atoms with Crippen molar-refractivity contribution in [2.24, 2.45) is 5.10 Å². The molecule has 0 fully saturated rings. The number of hydrogen-bond donors (Lipinski definition) is 1. The van der Waals surface area contributed by atoms with E-state index in [0.717, 1.165) is 23.2 Å². The van der Waals surface area contributed by atoms with Crippen molar-refractivity contribution in [1.82, 2.24) is 0 Å². The first kappa shape index (κ1) is 12.6. The van der Waals surface area contributed by atoms with Gasteiger partial charge in [-0.25, -0.2) is 0 Å². The van der Waals surface area contributed by atoms with Crippen LogP contribution in [0.2, 0.25) is 0 Å². The molecule has 3 heteroatoms. The van der Waals surface area contributed by atoms with Gasteiger partial charge >= 0.3 is 0 Å². The van der Waals surface area contributed by atoms with Gasteiger partial charge in [-0.2, -0.15) is 5.10 Å². The molecule has 0 heterocycles. The van der Waals surface area contributed by atoms with Gasteiger partial charge in [-0.05, 0) is 37.5 Å². The molecule has 2 aromatic rings. The molecule has 0 spiro atoms. The average molecular weight is 264 g/mol. The molecule has 1 aliphatic carbocycles. The van der Waals surface area contributed by atoms with Crippen LogP contribution in [0, 0.1) is 6.92 Å². The van der Waals surface area contributed by atoms with Crippen LogP contribution in [-0.2, 0) is 6.42 Å². The van der Waals surface area contributed by atoms with Gasteiger partial charge < -0.3 is 0 Å². The summed E-state index contributed by atoms with van der Waals surface area (Å²) in [5, 5.41) is 4.28. The number of fused-ring (bicyclic) bond motifs is 1. The number of rotatable bonds is 2. The smallest absolute Gasteiger partial charge is 0.209 e. The van der Waals surface area contributed by atoms with E-state index in [1.165, 1.54) is 5.56 Å². The van der Waals surface area contributed by atoms with Gasteiger partial charge in [-0.3, -0.25) is 10.2 Å². The monoisotopic (exact) mass is 264 g/mol. The molecule has 0 aliphatic heterocycles. The summed E-state index contributed by atoms with van der Waals surface area (Å²) < 4.78 is 0. The number of benzene rings is 2. The van der Waals surface area contributed by atoms with Gasteiger partial charge in [0.15, 0.2) is 0 Å². The molecular formula is C17H16N2O. The second kappa shape index (κ2) is 5.29. The Morgan fingerprint density at radius 3 is 2.55 bits per heavy atom. The minimum absolute atomic E-state index is 0.0338. The lowest BCUT2D eigenvalue weighted by molar-refractivity contribution is 0.106. The van der Waals surface area contributed by atoms with Crippen LogP contribution >= 0.6 is 0 Å². The second-order valence-corrected chi connectivity index (χ2v) is 5.02. The summed E-state index contributed by atoms with van der Waals surface area (Å²) in [5.74, 6) is 0.0338. The zero-order chi connectivity index (χ0) is 13.9. The molecule has 2 aromatic carbocycles. The first-order chi connectivity index (χ1) is 9.74. The Kier molecular flexibility index (Phi) is 3.33. The normalized spacial score (nSPS) is 16.1. The molecule has 1 N–H and O–H groups in total. The Morgan fingerprint density at radius 2 is 1.75 bits per heavy atom. The maximum Gasteiger partial charge on any atom is 0.209 e. The molecular weight excluding hydrogens is 248 g/mol. The number of carbonyl (C=O) groups is 1. The van der Waals surface area contributed by atoms with Crippen molar-refractivity contribution >= 4 is 17.2 Å². The van der Waals surface area contributed by atoms with Gasteiger partial charge in [0, 0.05) is 5.56 Å². The number of nitrogens with zero attached hydrogens (tertiary/aromatic N) is 1. The van der Waals surface area contributed by atoms with Crippen molar-refractivity contribution in [3.8, 4) is 0 Å². The highest BCUT2D eigenvalue weighted by atomic mass is 16.1. The molecule has 3 rings (SSSR count). The molecule has 100 valence electrons. The van der Waals surface area contributed by atoms with E-state index in [1.807, 2.05) is 55.5 Å². The van der Waals surface area contributed by atoms with Crippen LogP contribution < -0.4 is 5.43 Å². The van der Waals surface area contributed by atoms with Gasteiger partial charge in [0.2, 0.25) is 5.78 Å². The molecule has 0 atom stereocenters. The van der Waals surface area contributed by atoms with Crippen molar-refractivity contribution in [3.63, 3.8) is 0 Å². The number of ketones is 1. The van der Waals surface area contributed by atoms with Crippen molar-refractivity contribution in [2.75, 3.05) is 5.43 Å². The van der Waals surface area contributed by atoms with E-state index in [4.69, 9.17) is 0 Å². The quantitative estimate of drug-likeness (QED) is 0.842. The third-order valence-electron chi connectivity index (χ3n) is 3.53. The molecule has 3 nitrogen and oxygen atoms in total. The summed E-state index contributed by atoms with van der Waals surface area (Å²) >= 11 is 0. The van der Waals surface area contributed by atoms with Crippen LogP contribution in [0.3, 0.4) is 0 Å². The first-order valence-corrected chi connectivity index (χ1v) is 6.76. The highest BCUT2D eigenvalue weighted by Gasteiger charge is 2.22. The van der Waals surface area contributed by atoms with Crippen molar-refractivity contribution in [3.05, 3.63) is 65.2 Å². The van der Waals surface area contributed by atoms with Crippen LogP contribution in [0.15, 0.2) is 53.6 Å². The zero-order valence-corrected chi connectivity index (χ0v) is 11.4. The van der Waals surface area contributed by atoms with Crippen molar-refractivity contribution < 1.29 is 4.79 Å². The van der Waals surface area contributed by atoms with E-state index in [2.05, 4.69) is 10.5 Å². The topological polar surface area (TPSA) is 41.5 Å². The fourth-order valence-electron chi connectivity index (χ4n) is 2.35. The highest BCUT2D eigenvalue weighted by Crippen LogP contribution is 2.19. The first-order valence-electron chi connectivity index (χ1n) is 6.76. The predicted octanol–water partition coefficient (Wildman–Crippen LogP) is 3.59. The summed E-state index contributed by atoms with van der Waals surface area (Å²) in [5.41, 5.74) is 7.57. The maximum atomic E-state index is 12.3. The average Bonchev–Trinajstić information content (AvgIpc) is 2.49. The Labute approximate surface area is 118 Å². The fraction of sp³-hybridized carbons (Fsp3) is 0.176. The van der Waals surface area contributed by atoms with Crippen LogP contribution in [0.1, 0.15) is 27.9 Å². The van der Waals surface area contributed by atoms with Crippen LogP contribution in [0.4, 0.5) is 5.69 Å². The Hall–Kier alpha value is -2.42. The molecule has 0 bridgehead atoms. The molecule has 0 amide bonds. The maximum absolute atomic E-state index is 12.3. The summed E-state index contributed by atoms with van der Waals surface area (Å²) in [4.78, 5) is 12.3. The van der Waals surface area contributed by atoms with Crippen molar-refractivity contribution in [2.45, 2.75) is 19.8 Å². The molecule has 1 aliphatic rings. The van der Waals surface area contributed by atoms with E-state index in [-0.39, 0.29) is 5.78 Å². The van der Waals surface area contributed by atoms with E-state index < -0.39 is 0 Å². The molecule has 0 saturated heterocycles. The molecule has 0 aromatic heterocycles. The molecule has 0 saturated carbocycles. The Morgan fingerprint density at radius 1 is 1.00 bits per heavy atom. The lowest BCUT2D eigenvalue weighted by Crippen LogP contribution is -2.23. The van der Waals surface area contributed by atoms with E-state index >= 15 is 0 Å². The minimum Gasteiger partial charge on any atom is -0.287 e. The van der Waals surface area contributed by atoms with Gasteiger partial charge in [-0.1, -0.05) is 42.0 Å². The zero-order valence-electron chi connectivity index (χ0n) is 11.4. The summed E-state index contributed by atoms with van der Waals surface area (Å²) in [6.07, 6.45) is 1.56. The van der Waals surface area contributed by atoms with E-state index in [0.29, 0.717) is 12.1 Å². The predicted molar refractivity (Wildman–Crippen MR) is 81.3 cm³/mol. The van der Waals surface area contributed by atoms with Crippen LogP contribution in [0.5, 0.6) is 0 Å². The number of hydrogen-bond acceptors (Lipinski definition) is 3. The Bertz CT molecular complexity index is 672. The lowest BCUT2D eigenvalue weighted by atomic mass is 9.89. The van der Waals surface area contributed by atoms with Crippen LogP contribution in [-0.4, -0.2) is 11.5 Å². The number of aryl methyl sites for hydroxylation is 2. The molecule has 20 heavy (non-hydrogen) atoms. The van der Waals surface area contributed by atoms with Crippen molar-refractivity contribution in [1.29, 1.82) is 0 Å². The third kappa shape index (κ3) is 2.48. The Balaban J connectivity index is 1.80. The van der Waals surface area contributed by atoms with E-state index in [1.54, 1.807) is 0 Å². The fourth-order valence-corrected chi connectivity index (χ4v) is 2.35. The van der Waals surface area contributed by atoms with Gasteiger partial charge in [0.25, 0.3) is 0 Å². The third-order valence-corrected chi connectivity index (χ3v) is 3.53. The molecule has 0 radical (unpaired) electrons. The summed E-state index contributed by atoms with van der Waals surface area (Å²) in [6.45, 7) is 2.04. The van der Waals surface area contributed by atoms with Gasteiger partial charge in [0.1, 0.15) is 5.71 Å². The second-order valence-electron chi connectivity index (χ2n) is 5.02. The standard InChI is InChI=1S/C17H16N2O/c1-12-6-9-14(10-7-12)18-19-16-11-8-13-4-2-3-5-15(13)17(16)20/h2-7,9-10,18H,8,11H2,1H3. The van der Waals surface area contributed by atoms with Gasteiger partial charge in [0.05, 0.1) is 5.69 Å². The highest BCUT2D eigenvalue weighted by molar-refractivity contribution is 6.47. The number of nitrogens with one attached hydrogen (secondary N) is 1. The largest absolute Gasteiger partial charge is 0.287 e. The summed E-state index contributed by atoms with van der Waals surface area (Å²) in [7, 11) is 0. The number of anilines is 1. The molecule has 0 unspecified atom stereocenters. The van der Waals surface area contributed by atoms with Gasteiger partial charge in [-0.15, -0.1) is 0 Å². The minimum atomic E-state index is 0.0338. The summed E-state index contributed by atoms with van der Waals surface area (Å²) in [6, 6.07) is 15.7. The SMILES string of the molecule is Cc1ccc(NN=C2CCc3ccccc3C2=O)cc1. The number of carbonyl (C=O) groups excluding carboxylic acids is 1. The van der Waals surface area contributed by atoms with Crippen LogP contribution in [0.25, 0.3) is 0 Å². The lowest BCUT2D eigenvalue weighted by Gasteiger charge is -2.16. The number of Topliss-reactive ketones (excluding diaryl/α,β-unsaturated/α-hetero) is 1.